The lowest BCUT2D eigenvalue weighted by atomic mass is 10.2. The monoisotopic (exact) mass is 269 g/mol. The highest BCUT2D eigenvalue weighted by Gasteiger charge is 2.16. The number of thioether (sulfide) groups is 1. The minimum Gasteiger partial charge on any atom is -0.493 e. The first kappa shape index (κ1) is 14.9. The highest BCUT2D eigenvalue weighted by atomic mass is 32.2. The molecule has 0 aliphatic heterocycles. The fourth-order valence-electron chi connectivity index (χ4n) is 1.45. The van der Waals surface area contributed by atoms with Crippen LogP contribution in [0.1, 0.15) is 10.4 Å². The van der Waals surface area contributed by atoms with Gasteiger partial charge in [0.25, 0.3) is 0 Å². The van der Waals surface area contributed by atoms with Crippen LogP contribution in [0, 0.1) is 0 Å². The molecule has 100 valence electrons. The van der Waals surface area contributed by atoms with Crippen molar-refractivity contribution in [3.63, 3.8) is 0 Å². The number of para-hydroxylation sites is 1. The third kappa shape index (κ3) is 3.92. The summed E-state index contributed by atoms with van der Waals surface area (Å²) in [5, 5.41) is 0.00704. The Kier molecular flexibility index (Phi) is 6.01. The Morgan fingerprint density at radius 3 is 2.56 bits per heavy atom. The molecule has 18 heavy (non-hydrogen) atoms. The van der Waals surface area contributed by atoms with Gasteiger partial charge in [0.05, 0.1) is 19.8 Å². The quantitative estimate of drug-likeness (QED) is 0.791. The lowest BCUT2D eigenvalue weighted by Gasteiger charge is -2.12. The first-order valence-corrected chi connectivity index (χ1v) is 6.61. The maximum Gasteiger partial charge on any atom is 0.223 e. The van der Waals surface area contributed by atoms with Crippen molar-refractivity contribution < 1.29 is 14.3 Å². The summed E-state index contributed by atoms with van der Waals surface area (Å²) in [5.41, 5.74) is 0.556. The van der Waals surface area contributed by atoms with E-state index in [0.717, 1.165) is 12.3 Å². The molecule has 0 bridgehead atoms. The predicted molar refractivity (Wildman–Crippen MR) is 74.9 cm³/mol. The number of rotatable bonds is 6. The molecule has 1 aromatic carbocycles. The summed E-state index contributed by atoms with van der Waals surface area (Å²) in [7, 11) is 7.07. The second-order valence-electron chi connectivity index (χ2n) is 3.98. The molecule has 0 aliphatic carbocycles. The maximum atomic E-state index is 12.1. The standard InChI is InChI=1S/C13H19NO3S/c1-14(2)8-9-18-13(15)10-6-5-7-11(16-3)12(10)17-4/h5-7H,8-9H2,1-4H3. The summed E-state index contributed by atoms with van der Waals surface area (Å²) in [6.07, 6.45) is 0. The smallest absolute Gasteiger partial charge is 0.223 e. The van der Waals surface area contributed by atoms with Crippen molar-refractivity contribution in [2.75, 3.05) is 40.6 Å². The number of nitrogens with zero attached hydrogens (tertiary/aromatic N) is 1. The largest absolute Gasteiger partial charge is 0.493 e. The summed E-state index contributed by atoms with van der Waals surface area (Å²) in [6, 6.07) is 5.33. The molecule has 0 heterocycles. The molecule has 0 amide bonds. The average Bonchev–Trinajstić information content (AvgIpc) is 2.36. The Hall–Kier alpha value is -1.20. The van der Waals surface area contributed by atoms with Gasteiger partial charge in [-0.15, -0.1) is 0 Å². The van der Waals surface area contributed by atoms with E-state index in [1.54, 1.807) is 32.4 Å². The van der Waals surface area contributed by atoms with Crippen LogP contribution in [0.15, 0.2) is 18.2 Å². The Labute approximate surface area is 112 Å². The topological polar surface area (TPSA) is 38.8 Å². The minimum absolute atomic E-state index is 0.00704. The molecule has 0 fully saturated rings. The number of benzene rings is 1. The van der Waals surface area contributed by atoms with Gasteiger partial charge in [-0.3, -0.25) is 4.79 Å². The van der Waals surface area contributed by atoms with Gasteiger partial charge < -0.3 is 14.4 Å². The van der Waals surface area contributed by atoms with Crippen LogP contribution in [-0.2, 0) is 0 Å². The number of carbonyl (C=O) groups is 1. The first-order valence-electron chi connectivity index (χ1n) is 5.63. The molecule has 4 nitrogen and oxygen atoms in total. The molecule has 0 unspecified atom stereocenters. The van der Waals surface area contributed by atoms with Crippen molar-refractivity contribution >= 4 is 16.9 Å². The van der Waals surface area contributed by atoms with E-state index >= 15 is 0 Å². The number of carbonyl (C=O) groups excluding carboxylic acids is 1. The van der Waals surface area contributed by atoms with E-state index in [1.807, 2.05) is 19.0 Å². The Morgan fingerprint density at radius 1 is 1.28 bits per heavy atom. The third-order valence-electron chi connectivity index (χ3n) is 2.39. The third-order valence-corrected chi connectivity index (χ3v) is 3.26. The van der Waals surface area contributed by atoms with Crippen LogP contribution in [0.3, 0.4) is 0 Å². The van der Waals surface area contributed by atoms with Crippen LogP contribution < -0.4 is 9.47 Å². The van der Waals surface area contributed by atoms with Gasteiger partial charge in [-0.05, 0) is 26.2 Å². The zero-order valence-corrected chi connectivity index (χ0v) is 12.0. The summed E-state index contributed by atoms with van der Waals surface area (Å²) in [5.74, 6) is 1.84. The van der Waals surface area contributed by atoms with E-state index in [2.05, 4.69) is 0 Å². The van der Waals surface area contributed by atoms with Gasteiger partial charge in [-0.1, -0.05) is 17.8 Å². The van der Waals surface area contributed by atoms with E-state index < -0.39 is 0 Å². The highest BCUT2D eigenvalue weighted by Crippen LogP contribution is 2.32. The molecule has 0 saturated carbocycles. The van der Waals surface area contributed by atoms with Gasteiger partial charge in [0.1, 0.15) is 0 Å². The van der Waals surface area contributed by atoms with Crippen molar-refractivity contribution in [2.24, 2.45) is 0 Å². The predicted octanol–water partition coefficient (Wildman–Crippen LogP) is 2.14. The van der Waals surface area contributed by atoms with Gasteiger partial charge in [-0.25, -0.2) is 0 Å². The number of methoxy groups -OCH3 is 2. The van der Waals surface area contributed by atoms with Gasteiger partial charge in [0.15, 0.2) is 11.5 Å². The van der Waals surface area contributed by atoms with Crippen LogP contribution >= 0.6 is 11.8 Å². The maximum absolute atomic E-state index is 12.1. The van der Waals surface area contributed by atoms with Crippen molar-refractivity contribution in [3.05, 3.63) is 23.8 Å². The molecule has 0 saturated heterocycles. The van der Waals surface area contributed by atoms with E-state index in [9.17, 15) is 4.79 Å². The Balaban J connectivity index is 2.79. The van der Waals surface area contributed by atoms with Gasteiger partial charge in [0, 0.05) is 12.3 Å². The summed E-state index contributed by atoms with van der Waals surface area (Å²) < 4.78 is 10.4. The second kappa shape index (κ2) is 7.28. The lowest BCUT2D eigenvalue weighted by Crippen LogP contribution is -2.15. The number of hydrogen-bond donors (Lipinski definition) is 0. The van der Waals surface area contributed by atoms with E-state index in [1.165, 1.54) is 11.8 Å². The SMILES string of the molecule is COc1cccc(C(=O)SCCN(C)C)c1OC. The van der Waals surface area contributed by atoms with Crippen LogP contribution in [0.2, 0.25) is 0 Å². The van der Waals surface area contributed by atoms with Crippen LogP contribution in [0.4, 0.5) is 0 Å². The van der Waals surface area contributed by atoms with E-state index in [0.29, 0.717) is 17.1 Å². The summed E-state index contributed by atoms with van der Waals surface area (Å²) in [6.45, 7) is 0.864. The fourth-order valence-corrected chi connectivity index (χ4v) is 2.40. The molecule has 0 N–H and O–H groups in total. The molecule has 0 aromatic heterocycles. The van der Waals surface area contributed by atoms with Crippen molar-refractivity contribution in [3.8, 4) is 11.5 Å². The zero-order chi connectivity index (χ0) is 13.5. The summed E-state index contributed by atoms with van der Waals surface area (Å²) in [4.78, 5) is 14.1. The molecular formula is C13H19NO3S. The molecule has 0 spiro atoms. The van der Waals surface area contributed by atoms with Crippen molar-refractivity contribution in [1.82, 2.24) is 4.90 Å². The molecular weight excluding hydrogens is 250 g/mol. The zero-order valence-electron chi connectivity index (χ0n) is 11.2. The molecule has 0 aliphatic rings. The molecule has 1 rings (SSSR count). The average molecular weight is 269 g/mol. The van der Waals surface area contributed by atoms with E-state index in [4.69, 9.17) is 9.47 Å². The molecule has 1 aromatic rings. The van der Waals surface area contributed by atoms with Crippen LogP contribution in [0.25, 0.3) is 0 Å². The minimum atomic E-state index is 0.00704. The number of ether oxygens (including phenoxy) is 2. The second-order valence-corrected chi connectivity index (χ2v) is 5.05. The normalized spacial score (nSPS) is 10.5. The van der Waals surface area contributed by atoms with Crippen LogP contribution in [-0.4, -0.2) is 50.6 Å². The van der Waals surface area contributed by atoms with Gasteiger partial charge in [-0.2, -0.15) is 0 Å². The fraction of sp³-hybridized carbons (Fsp3) is 0.462. The lowest BCUT2D eigenvalue weighted by molar-refractivity contribution is 0.108. The highest BCUT2D eigenvalue weighted by molar-refractivity contribution is 8.14. The first-order chi connectivity index (χ1) is 8.60. The van der Waals surface area contributed by atoms with Crippen LogP contribution in [0.5, 0.6) is 11.5 Å². The Morgan fingerprint density at radius 2 is 2.00 bits per heavy atom. The van der Waals surface area contributed by atoms with Crippen molar-refractivity contribution in [2.45, 2.75) is 0 Å². The van der Waals surface area contributed by atoms with Crippen molar-refractivity contribution in [1.29, 1.82) is 0 Å². The van der Waals surface area contributed by atoms with Gasteiger partial charge in [0.2, 0.25) is 5.12 Å². The Bertz CT molecular complexity index is 407. The molecule has 5 heteroatoms. The molecule has 0 atom stereocenters. The summed E-state index contributed by atoms with van der Waals surface area (Å²) >= 11 is 1.29. The molecule has 0 radical (unpaired) electrons. The number of hydrogen-bond acceptors (Lipinski definition) is 5. The van der Waals surface area contributed by atoms with Gasteiger partial charge >= 0.3 is 0 Å². The van der Waals surface area contributed by atoms with E-state index in [-0.39, 0.29) is 5.12 Å².